The predicted molar refractivity (Wildman–Crippen MR) is 90.0 cm³/mol. The maximum Gasteiger partial charge on any atom is 0.241 e. The van der Waals surface area contributed by atoms with E-state index >= 15 is 0 Å². The summed E-state index contributed by atoms with van der Waals surface area (Å²) < 4.78 is 0. The first kappa shape index (κ1) is 17.0. The zero-order valence-corrected chi connectivity index (χ0v) is 14.1. The Balaban J connectivity index is 2.00. The minimum Gasteiger partial charge on any atom is -0.393 e. The summed E-state index contributed by atoms with van der Waals surface area (Å²) in [6, 6.07) is 6.12. The highest BCUT2D eigenvalue weighted by Gasteiger charge is 2.32. The van der Waals surface area contributed by atoms with Gasteiger partial charge >= 0.3 is 0 Å². The number of carbonyl (C=O) groups excluding carboxylic acids is 1. The molecule has 1 aliphatic rings. The Morgan fingerprint density at radius 3 is 2.73 bits per heavy atom. The number of nitrogens with one attached hydrogen (secondary N) is 1. The number of anilines is 1. The first-order valence-corrected chi connectivity index (χ1v) is 8.20. The first-order valence-electron chi connectivity index (χ1n) is 8.20. The van der Waals surface area contributed by atoms with E-state index < -0.39 is 0 Å². The third kappa shape index (κ3) is 4.08. The van der Waals surface area contributed by atoms with Crippen LogP contribution in [0.1, 0.15) is 44.2 Å². The molecule has 2 N–H and O–H groups in total. The van der Waals surface area contributed by atoms with Crippen LogP contribution in [0.2, 0.25) is 0 Å². The third-order valence-corrected chi connectivity index (χ3v) is 4.69. The van der Waals surface area contributed by atoms with Gasteiger partial charge in [0.05, 0.1) is 12.1 Å². The number of benzene rings is 1. The Morgan fingerprint density at radius 2 is 2.09 bits per heavy atom. The van der Waals surface area contributed by atoms with E-state index in [0.717, 1.165) is 31.5 Å². The van der Waals surface area contributed by atoms with E-state index in [-0.39, 0.29) is 18.1 Å². The summed E-state index contributed by atoms with van der Waals surface area (Å²) in [5.41, 5.74) is 3.26. The van der Waals surface area contributed by atoms with E-state index in [2.05, 4.69) is 17.1 Å². The van der Waals surface area contributed by atoms with Crippen molar-refractivity contribution >= 4 is 11.6 Å². The van der Waals surface area contributed by atoms with Crippen LogP contribution in [0.3, 0.4) is 0 Å². The van der Waals surface area contributed by atoms with Crippen molar-refractivity contribution in [3.8, 4) is 0 Å². The Hall–Kier alpha value is -1.39. The summed E-state index contributed by atoms with van der Waals surface area (Å²) in [5.74, 6) is 0.0285. The van der Waals surface area contributed by atoms with Gasteiger partial charge in [-0.1, -0.05) is 6.07 Å². The number of hydrogen-bond donors (Lipinski definition) is 2. The highest BCUT2D eigenvalue weighted by atomic mass is 16.3. The average molecular weight is 304 g/mol. The Kier molecular flexibility index (Phi) is 5.59. The number of amides is 1. The molecular weight excluding hydrogens is 276 g/mol. The zero-order chi connectivity index (χ0) is 16.3. The SMILES string of the molecule is Cc1ccc(NC(=O)C(C)N2CCCC2CC(C)O)cc1C. The third-order valence-electron chi connectivity index (χ3n) is 4.69. The molecule has 2 rings (SSSR count). The largest absolute Gasteiger partial charge is 0.393 e. The lowest BCUT2D eigenvalue weighted by molar-refractivity contribution is -0.121. The summed E-state index contributed by atoms with van der Waals surface area (Å²) in [7, 11) is 0. The van der Waals surface area contributed by atoms with E-state index in [1.54, 1.807) is 0 Å². The van der Waals surface area contributed by atoms with E-state index in [4.69, 9.17) is 0 Å². The minimum absolute atomic E-state index is 0.0285. The second-order valence-corrected chi connectivity index (χ2v) is 6.58. The lowest BCUT2D eigenvalue weighted by Crippen LogP contribution is -2.45. The number of likely N-dealkylation sites (tertiary alicyclic amines) is 1. The molecule has 1 aromatic carbocycles. The molecule has 1 saturated heterocycles. The summed E-state index contributed by atoms with van der Waals surface area (Å²) in [6.07, 6.45) is 2.58. The Morgan fingerprint density at radius 1 is 1.36 bits per heavy atom. The van der Waals surface area contributed by atoms with Gasteiger partial charge in [-0.15, -0.1) is 0 Å². The highest BCUT2D eigenvalue weighted by Crippen LogP contribution is 2.24. The van der Waals surface area contributed by atoms with E-state index in [0.29, 0.717) is 6.04 Å². The quantitative estimate of drug-likeness (QED) is 0.879. The maximum absolute atomic E-state index is 12.5. The number of aryl methyl sites for hydroxylation is 2. The van der Waals surface area contributed by atoms with Crippen LogP contribution in [-0.4, -0.2) is 40.6 Å². The van der Waals surface area contributed by atoms with Crippen molar-refractivity contribution in [1.82, 2.24) is 4.90 Å². The van der Waals surface area contributed by atoms with Gasteiger partial charge < -0.3 is 10.4 Å². The molecule has 1 amide bonds. The summed E-state index contributed by atoms with van der Waals surface area (Å²) in [6.45, 7) is 8.81. The molecule has 0 spiro atoms. The molecule has 0 aromatic heterocycles. The number of rotatable bonds is 5. The number of aliphatic hydroxyl groups is 1. The van der Waals surface area contributed by atoms with Crippen LogP contribution in [-0.2, 0) is 4.79 Å². The molecule has 3 unspecified atom stereocenters. The van der Waals surface area contributed by atoms with Crippen LogP contribution in [0.5, 0.6) is 0 Å². The van der Waals surface area contributed by atoms with Crippen LogP contribution in [0, 0.1) is 13.8 Å². The lowest BCUT2D eigenvalue weighted by Gasteiger charge is -2.30. The van der Waals surface area contributed by atoms with Gasteiger partial charge in [0.15, 0.2) is 0 Å². The van der Waals surface area contributed by atoms with Crippen LogP contribution >= 0.6 is 0 Å². The standard InChI is InChI=1S/C18H28N2O2/c1-12-7-8-16(10-13(12)2)19-18(22)15(4)20-9-5-6-17(20)11-14(3)21/h7-8,10,14-15,17,21H,5-6,9,11H2,1-4H3,(H,19,22). The van der Waals surface area contributed by atoms with Crippen molar-refractivity contribution in [2.24, 2.45) is 0 Å². The molecule has 122 valence electrons. The van der Waals surface area contributed by atoms with Gasteiger partial charge in [0.25, 0.3) is 0 Å². The van der Waals surface area contributed by atoms with Crippen molar-refractivity contribution in [2.75, 3.05) is 11.9 Å². The minimum atomic E-state index is -0.319. The topological polar surface area (TPSA) is 52.6 Å². The van der Waals surface area contributed by atoms with E-state index in [1.807, 2.05) is 39.0 Å². The highest BCUT2D eigenvalue weighted by molar-refractivity contribution is 5.94. The average Bonchev–Trinajstić information content (AvgIpc) is 2.89. The fraction of sp³-hybridized carbons (Fsp3) is 0.611. The molecule has 1 heterocycles. The van der Waals surface area contributed by atoms with Crippen molar-refractivity contribution in [3.63, 3.8) is 0 Å². The van der Waals surface area contributed by atoms with Crippen LogP contribution in [0.15, 0.2) is 18.2 Å². The van der Waals surface area contributed by atoms with Gasteiger partial charge in [-0.2, -0.15) is 0 Å². The smallest absolute Gasteiger partial charge is 0.241 e. The summed E-state index contributed by atoms with van der Waals surface area (Å²) in [4.78, 5) is 14.7. The second kappa shape index (κ2) is 7.25. The molecule has 1 aliphatic heterocycles. The Labute approximate surface area is 133 Å². The van der Waals surface area contributed by atoms with Crippen LogP contribution < -0.4 is 5.32 Å². The summed E-state index contributed by atoms with van der Waals surface area (Å²) in [5, 5.41) is 12.6. The molecule has 3 atom stereocenters. The van der Waals surface area contributed by atoms with Gasteiger partial charge in [0.2, 0.25) is 5.91 Å². The molecule has 4 heteroatoms. The zero-order valence-electron chi connectivity index (χ0n) is 14.1. The van der Waals surface area contributed by atoms with Crippen molar-refractivity contribution in [3.05, 3.63) is 29.3 Å². The molecular formula is C18H28N2O2. The van der Waals surface area contributed by atoms with Crippen molar-refractivity contribution in [2.45, 2.75) is 65.1 Å². The van der Waals surface area contributed by atoms with E-state index in [1.165, 1.54) is 11.1 Å². The van der Waals surface area contributed by atoms with Gasteiger partial charge in [0, 0.05) is 11.7 Å². The van der Waals surface area contributed by atoms with Crippen LogP contribution in [0.4, 0.5) is 5.69 Å². The number of nitrogens with zero attached hydrogens (tertiary/aromatic N) is 1. The monoisotopic (exact) mass is 304 g/mol. The van der Waals surface area contributed by atoms with Crippen molar-refractivity contribution in [1.29, 1.82) is 0 Å². The van der Waals surface area contributed by atoms with Gasteiger partial charge in [0.1, 0.15) is 0 Å². The molecule has 0 saturated carbocycles. The predicted octanol–water partition coefficient (Wildman–Crippen LogP) is 2.87. The molecule has 0 radical (unpaired) electrons. The molecule has 1 aromatic rings. The normalized spacial score (nSPS) is 21.6. The Bertz CT molecular complexity index is 528. The molecule has 0 aliphatic carbocycles. The first-order chi connectivity index (χ1) is 10.4. The number of carbonyl (C=O) groups is 1. The molecule has 0 bridgehead atoms. The lowest BCUT2D eigenvalue weighted by atomic mass is 10.1. The fourth-order valence-corrected chi connectivity index (χ4v) is 3.23. The van der Waals surface area contributed by atoms with Crippen LogP contribution in [0.25, 0.3) is 0 Å². The van der Waals surface area contributed by atoms with E-state index in [9.17, 15) is 9.90 Å². The molecule has 22 heavy (non-hydrogen) atoms. The fourth-order valence-electron chi connectivity index (χ4n) is 3.23. The number of hydrogen-bond acceptors (Lipinski definition) is 3. The molecule has 4 nitrogen and oxygen atoms in total. The molecule has 1 fully saturated rings. The number of aliphatic hydroxyl groups excluding tert-OH is 1. The van der Waals surface area contributed by atoms with Gasteiger partial charge in [-0.05, 0) is 76.8 Å². The van der Waals surface area contributed by atoms with Gasteiger partial charge in [-0.25, -0.2) is 0 Å². The summed E-state index contributed by atoms with van der Waals surface area (Å²) >= 11 is 0. The second-order valence-electron chi connectivity index (χ2n) is 6.58. The van der Waals surface area contributed by atoms with Gasteiger partial charge in [-0.3, -0.25) is 9.69 Å². The maximum atomic E-state index is 12.5. The van der Waals surface area contributed by atoms with Crippen molar-refractivity contribution < 1.29 is 9.90 Å².